The van der Waals surface area contributed by atoms with Crippen LogP contribution in [0.25, 0.3) is 0 Å². The molecule has 1 rings (SSSR count). The van der Waals surface area contributed by atoms with E-state index in [0.717, 1.165) is 35.8 Å². The fourth-order valence-corrected chi connectivity index (χ4v) is 3.29. The molecule has 28 heavy (non-hydrogen) atoms. The van der Waals surface area contributed by atoms with E-state index in [1.807, 2.05) is 33.8 Å². The summed E-state index contributed by atoms with van der Waals surface area (Å²) in [4.78, 5) is 4.67. The summed E-state index contributed by atoms with van der Waals surface area (Å²) in [6.45, 7) is 13.3. The van der Waals surface area contributed by atoms with E-state index in [9.17, 15) is 4.21 Å². The molecular weight excluding hydrogens is 374 g/mol. The number of benzene rings is 1. The number of nitrogens with one attached hydrogen (secondary N) is 2. The molecule has 1 aromatic rings. The molecule has 0 aliphatic heterocycles. The first-order valence-electron chi connectivity index (χ1n) is 9.89. The molecule has 160 valence electrons. The van der Waals surface area contributed by atoms with E-state index in [4.69, 9.17) is 9.47 Å². The Morgan fingerprint density at radius 2 is 1.96 bits per heavy atom. The number of guanidine groups is 1. The molecule has 0 fully saturated rings. The third-order valence-electron chi connectivity index (χ3n) is 3.99. The van der Waals surface area contributed by atoms with Gasteiger partial charge >= 0.3 is 0 Å². The first-order valence-corrected chi connectivity index (χ1v) is 11.2. The van der Waals surface area contributed by atoms with Gasteiger partial charge in [0.2, 0.25) is 0 Å². The van der Waals surface area contributed by atoms with E-state index in [1.54, 1.807) is 7.11 Å². The Morgan fingerprint density at radius 1 is 1.21 bits per heavy atom. The third-order valence-corrected chi connectivity index (χ3v) is 5.93. The lowest BCUT2D eigenvalue weighted by Crippen LogP contribution is -2.40. The lowest BCUT2D eigenvalue weighted by Gasteiger charge is -2.18. The highest BCUT2D eigenvalue weighted by atomic mass is 32.2. The first kappa shape index (κ1) is 24.4. The van der Waals surface area contributed by atoms with Crippen molar-refractivity contribution in [2.45, 2.75) is 52.3 Å². The molecule has 0 aliphatic rings. The molecule has 0 heterocycles. The number of nitrogens with zero attached hydrogens (tertiary/aromatic N) is 1. The summed E-state index contributed by atoms with van der Waals surface area (Å²) in [6, 6.07) is 6.17. The molecule has 0 bridgehead atoms. The van der Waals surface area contributed by atoms with Crippen LogP contribution in [0.5, 0.6) is 5.75 Å². The molecule has 0 aromatic heterocycles. The second kappa shape index (κ2) is 12.8. The fraction of sp³-hybridized carbons (Fsp3) is 0.667. The zero-order valence-electron chi connectivity index (χ0n) is 18.3. The smallest absolute Gasteiger partial charge is 0.191 e. The van der Waals surface area contributed by atoms with Gasteiger partial charge in [0.25, 0.3) is 0 Å². The second-order valence-electron chi connectivity index (χ2n) is 7.59. The van der Waals surface area contributed by atoms with Crippen molar-refractivity contribution in [2.75, 3.05) is 39.2 Å². The topological polar surface area (TPSA) is 72.0 Å². The van der Waals surface area contributed by atoms with Crippen LogP contribution in [-0.4, -0.2) is 54.1 Å². The Kier molecular flexibility index (Phi) is 11.2. The predicted octanol–water partition coefficient (Wildman–Crippen LogP) is 3.01. The van der Waals surface area contributed by atoms with E-state index in [2.05, 4.69) is 34.7 Å². The quantitative estimate of drug-likeness (QED) is 0.333. The third kappa shape index (κ3) is 9.55. The lowest BCUT2D eigenvalue weighted by atomic mass is 10.1. The van der Waals surface area contributed by atoms with Gasteiger partial charge in [-0.2, -0.15) is 0 Å². The Morgan fingerprint density at radius 3 is 2.61 bits per heavy atom. The van der Waals surface area contributed by atoms with Gasteiger partial charge in [-0.1, -0.05) is 12.1 Å². The summed E-state index contributed by atoms with van der Waals surface area (Å²) in [5.74, 6) is 2.18. The Bertz CT molecular complexity index is 642. The molecule has 6 nitrogen and oxygen atoms in total. The van der Waals surface area contributed by atoms with Crippen molar-refractivity contribution < 1.29 is 13.7 Å². The number of aryl methyl sites for hydroxylation is 1. The zero-order chi connectivity index (χ0) is 21.0. The summed E-state index contributed by atoms with van der Waals surface area (Å²) in [7, 11) is 0.808. The van der Waals surface area contributed by atoms with Crippen LogP contribution < -0.4 is 15.4 Å². The van der Waals surface area contributed by atoms with Gasteiger partial charge in [0.05, 0.1) is 13.2 Å². The molecule has 0 saturated heterocycles. The van der Waals surface area contributed by atoms with Crippen LogP contribution in [-0.2, 0) is 22.1 Å². The lowest BCUT2D eigenvalue weighted by molar-refractivity contribution is 0.172. The number of hydrogen-bond acceptors (Lipinski definition) is 4. The highest BCUT2D eigenvalue weighted by Crippen LogP contribution is 2.21. The molecule has 0 amide bonds. The molecule has 1 unspecified atom stereocenters. The van der Waals surface area contributed by atoms with Gasteiger partial charge in [-0.25, -0.2) is 4.99 Å². The number of ether oxygens (including phenoxy) is 2. The molecule has 1 aromatic carbocycles. The predicted molar refractivity (Wildman–Crippen MR) is 119 cm³/mol. The molecule has 0 radical (unpaired) electrons. The molecule has 0 saturated carbocycles. The molecule has 0 aliphatic carbocycles. The Balaban J connectivity index is 2.71. The highest BCUT2D eigenvalue weighted by molar-refractivity contribution is 7.86. The molecular formula is C21H37N3O3S. The maximum Gasteiger partial charge on any atom is 0.191 e. The minimum atomic E-state index is -0.885. The summed E-state index contributed by atoms with van der Waals surface area (Å²) >= 11 is 0. The van der Waals surface area contributed by atoms with E-state index in [-0.39, 0.29) is 4.75 Å². The maximum atomic E-state index is 12.2. The van der Waals surface area contributed by atoms with Crippen molar-refractivity contribution in [3.8, 4) is 5.75 Å². The standard InChI is InChI=1S/C21H37N3O3S/c1-7-22-20(23-11-14-28(25)21(3,4)5)24-16-18-10-9-17(2)15-19(18)27-13-8-12-26-6/h9-10,15H,7-8,11-14,16H2,1-6H3,(H2,22,23,24). The molecule has 2 N–H and O–H groups in total. The van der Waals surface area contributed by atoms with Crippen LogP contribution >= 0.6 is 0 Å². The van der Waals surface area contributed by atoms with Gasteiger partial charge in [0.1, 0.15) is 5.75 Å². The molecule has 7 heteroatoms. The van der Waals surface area contributed by atoms with Gasteiger partial charge in [-0.15, -0.1) is 0 Å². The Labute approximate surface area is 173 Å². The fourth-order valence-electron chi connectivity index (χ4n) is 2.39. The largest absolute Gasteiger partial charge is 0.493 e. The van der Waals surface area contributed by atoms with E-state index >= 15 is 0 Å². The average Bonchev–Trinajstić information content (AvgIpc) is 2.63. The molecule has 1 atom stereocenters. The zero-order valence-corrected chi connectivity index (χ0v) is 19.1. The van der Waals surface area contributed by atoms with Crippen LogP contribution in [0.4, 0.5) is 0 Å². The van der Waals surface area contributed by atoms with Crippen molar-refractivity contribution in [2.24, 2.45) is 4.99 Å². The van der Waals surface area contributed by atoms with Crippen molar-refractivity contribution in [3.63, 3.8) is 0 Å². The van der Waals surface area contributed by atoms with Crippen LogP contribution in [0.2, 0.25) is 0 Å². The summed E-state index contributed by atoms with van der Waals surface area (Å²) in [6.07, 6.45) is 0.849. The van der Waals surface area contributed by atoms with Crippen LogP contribution in [0.1, 0.15) is 45.2 Å². The monoisotopic (exact) mass is 411 g/mol. The first-order chi connectivity index (χ1) is 13.3. The van der Waals surface area contributed by atoms with Crippen LogP contribution in [0.15, 0.2) is 23.2 Å². The second-order valence-corrected chi connectivity index (χ2v) is 9.91. The molecule has 0 spiro atoms. The average molecular weight is 412 g/mol. The maximum absolute atomic E-state index is 12.2. The van der Waals surface area contributed by atoms with Gasteiger partial charge in [0.15, 0.2) is 5.96 Å². The number of hydrogen-bond donors (Lipinski definition) is 2. The van der Waals surface area contributed by atoms with Crippen molar-refractivity contribution >= 4 is 16.8 Å². The summed E-state index contributed by atoms with van der Waals surface area (Å²) in [5.41, 5.74) is 2.20. The van der Waals surface area contributed by atoms with Gasteiger partial charge in [-0.3, -0.25) is 4.21 Å². The van der Waals surface area contributed by atoms with Crippen molar-refractivity contribution in [1.82, 2.24) is 10.6 Å². The van der Waals surface area contributed by atoms with E-state index in [0.29, 0.717) is 32.1 Å². The number of methoxy groups -OCH3 is 1. The van der Waals surface area contributed by atoms with Gasteiger partial charge < -0.3 is 20.1 Å². The summed E-state index contributed by atoms with van der Waals surface area (Å²) in [5, 5.41) is 6.51. The Hall–Kier alpha value is -1.60. The normalized spacial score (nSPS) is 13.3. The number of rotatable bonds is 11. The van der Waals surface area contributed by atoms with Crippen molar-refractivity contribution in [3.05, 3.63) is 29.3 Å². The minimum absolute atomic E-state index is 0.200. The van der Waals surface area contributed by atoms with E-state index in [1.165, 1.54) is 0 Å². The number of aliphatic imine (C=N–C) groups is 1. The van der Waals surface area contributed by atoms with Crippen LogP contribution in [0.3, 0.4) is 0 Å². The van der Waals surface area contributed by atoms with Crippen molar-refractivity contribution in [1.29, 1.82) is 0 Å². The minimum Gasteiger partial charge on any atom is -0.493 e. The van der Waals surface area contributed by atoms with Gasteiger partial charge in [0, 0.05) is 60.1 Å². The summed E-state index contributed by atoms with van der Waals surface area (Å²) < 4.78 is 23.0. The SMILES string of the molecule is CCNC(=NCc1ccc(C)cc1OCCCOC)NCCS(=O)C(C)(C)C. The van der Waals surface area contributed by atoms with Gasteiger partial charge in [-0.05, 0) is 46.2 Å². The highest BCUT2D eigenvalue weighted by Gasteiger charge is 2.18. The van der Waals surface area contributed by atoms with E-state index < -0.39 is 10.8 Å². The van der Waals surface area contributed by atoms with Crippen LogP contribution in [0, 0.1) is 6.92 Å².